The largest absolute Gasteiger partial charge is 0.290 e. The summed E-state index contributed by atoms with van der Waals surface area (Å²) in [6.07, 6.45) is 7.91. The number of likely N-dealkylation sites (tertiary alicyclic amines) is 1. The third kappa shape index (κ3) is 2.79. The molecule has 4 heteroatoms. The molecule has 1 aliphatic heterocycles. The van der Waals surface area contributed by atoms with E-state index in [-0.39, 0.29) is 0 Å². The molecule has 3 rings (SSSR count). The zero-order chi connectivity index (χ0) is 13.1. The molecule has 2 aromatic rings. The molecule has 0 saturated carbocycles. The lowest BCUT2D eigenvalue weighted by molar-refractivity contribution is 0.245. The van der Waals surface area contributed by atoms with E-state index in [9.17, 15) is 0 Å². The fourth-order valence-electron chi connectivity index (χ4n) is 2.77. The molecule has 0 aliphatic carbocycles. The Hall–Kier alpha value is -1.81. The molecular weight excluding hydrogens is 236 g/mol. The fourth-order valence-corrected chi connectivity index (χ4v) is 2.77. The van der Waals surface area contributed by atoms with Crippen LogP contribution < -0.4 is 0 Å². The van der Waals surface area contributed by atoms with Gasteiger partial charge < -0.3 is 0 Å². The van der Waals surface area contributed by atoms with Gasteiger partial charge in [-0.25, -0.2) is 9.97 Å². The summed E-state index contributed by atoms with van der Waals surface area (Å²) in [5.41, 5.74) is 3.44. The molecule has 0 radical (unpaired) electrons. The van der Waals surface area contributed by atoms with Gasteiger partial charge in [-0.05, 0) is 44.0 Å². The van der Waals surface area contributed by atoms with E-state index in [4.69, 9.17) is 0 Å². The highest BCUT2D eigenvalue weighted by atomic mass is 15.2. The monoisotopic (exact) mass is 254 g/mol. The van der Waals surface area contributed by atoms with Crippen LogP contribution in [0.25, 0.3) is 0 Å². The van der Waals surface area contributed by atoms with Gasteiger partial charge in [0.05, 0.1) is 5.69 Å². The second-order valence-electron chi connectivity index (χ2n) is 5.07. The molecule has 0 bridgehead atoms. The third-order valence-corrected chi connectivity index (χ3v) is 3.66. The van der Waals surface area contributed by atoms with E-state index in [1.54, 1.807) is 6.33 Å². The Labute approximate surface area is 113 Å². The minimum absolute atomic E-state index is 0.476. The Morgan fingerprint density at radius 1 is 1.37 bits per heavy atom. The van der Waals surface area contributed by atoms with Crippen LogP contribution in [0, 0.1) is 6.92 Å². The molecule has 1 unspecified atom stereocenters. The second kappa shape index (κ2) is 5.45. The van der Waals surface area contributed by atoms with Crippen LogP contribution in [-0.2, 0) is 6.54 Å². The van der Waals surface area contributed by atoms with Crippen LogP contribution in [0.5, 0.6) is 0 Å². The van der Waals surface area contributed by atoms with Gasteiger partial charge in [-0.2, -0.15) is 0 Å². The van der Waals surface area contributed by atoms with Crippen LogP contribution in [0.4, 0.5) is 0 Å². The van der Waals surface area contributed by atoms with Gasteiger partial charge in [0.15, 0.2) is 0 Å². The zero-order valence-electron chi connectivity index (χ0n) is 11.2. The number of hydrogen-bond donors (Lipinski definition) is 0. The first-order valence-corrected chi connectivity index (χ1v) is 6.74. The van der Waals surface area contributed by atoms with Crippen molar-refractivity contribution >= 4 is 0 Å². The number of hydrogen-bond acceptors (Lipinski definition) is 4. The standard InChI is InChI=1S/C15H18N4/c1-12-8-14(18-11-17-12)10-19-7-3-5-15(19)13-4-2-6-16-9-13/h2,4,6,8-9,11,15H,3,5,7,10H2,1H3. The van der Waals surface area contributed by atoms with Crippen molar-refractivity contribution in [2.45, 2.75) is 32.4 Å². The van der Waals surface area contributed by atoms with Crippen molar-refractivity contribution in [2.75, 3.05) is 6.54 Å². The summed E-state index contributed by atoms with van der Waals surface area (Å²) in [4.78, 5) is 15.2. The lowest BCUT2D eigenvalue weighted by Crippen LogP contribution is -2.23. The van der Waals surface area contributed by atoms with Crippen LogP contribution >= 0.6 is 0 Å². The molecule has 1 aliphatic rings. The molecule has 3 heterocycles. The molecule has 4 nitrogen and oxygen atoms in total. The minimum Gasteiger partial charge on any atom is -0.290 e. The van der Waals surface area contributed by atoms with E-state index in [0.29, 0.717) is 6.04 Å². The first kappa shape index (κ1) is 12.2. The number of aromatic nitrogens is 3. The normalized spacial score (nSPS) is 19.7. The van der Waals surface area contributed by atoms with Crippen LogP contribution in [0.3, 0.4) is 0 Å². The van der Waals surface area contributed by atoms with Gasteiger partial charge in [0, 0.05) is 30.7 Å². The van der Waals surface area contributed by atoms with Crippen LogP contribution in [0.1, 0.15) is 35.8 Å². The maximum absolute atomic E-state index is 4.36. The van der Waals surface area contributed by atoms with E-state index in [1.165, 1.54) is 18.4 Å². The van der Waals surface area contributed by atoms with E-state index in [1.807, 2.05) is 25.4 Å². The molecule has 0 spiro atoms. The van der Waals surface area contributed by atoms with E-state index in [2.05, 4.69) is 32.0 Å². The van der Waals surface area contributed by atoms with Gasteiger partial charge in [-0.1, -0.05) is 6.07 Å². The van der Waals surface area contributed by atoms with Crippen LogP contribution in [0.15, 0.2) is 36.9 Å². The van der Waals surface area contributed by atoms with E-state index in [0.717, 1.165) is 24.5 Å². The quantitative estimate of drug-likeness (QED) is 0.844. The average Bonchev–Trinajstić information content (AvgIpc) is 2.88. The molecule has 0 amide bonds. The lowest BCUT2D eigenvalue weighted by Gasteiger charge is -2.24. The summed E-state index contributed by atoms with van der Waals surface area (Å²) >= 11 is 0. The maximum Gasteiger partial charge on any atom is 0.115 e. The number of rotatable bonds is 3. The Morgan fingerprint density at radius 2 is 2.32 bits per heavy atom. The van der Waals surface area contributed by atoms with Gasteiger partial charge in [-0.3, -0.25) is 9.88 Å². The topological polar surface area (TPSA) is 41.9 Å². The Kier molecular flexibility index (Phi) is 3.51. The predicted octanol–water partition coefficient (Wildman–Crippen LogP) is 2.52. The molecular formula is C15H18N4. The minimum atomic E-state index is 0.476. The molecule has 1 fully saturated rings. The van der Waals surface area contributed by atoms with Crippen LogP contribution in [0.2, 0.25) is 0 Å². The average molecular weight is 254 g/mol. The highest BCUT2D eigenvalue weighted by Crippen LogP contribution is 2.32. The lowest BCUT2D eigenvalue weighted by atomic mass is 10.1. The van der Waals surface area contributed by atoms with Gasteiger partial charge in [0.1, 0.15) is 6.33 Å². The summed E-state index contributed by atoms with van der Waals surface area (Å²) in [5.74, 6) is 0. The van der Waals surface area contributed by atoms with Gasteiger partial charge in [-0.15, -0.1) is 0 Å². The van der Waals surface area contributed by atoms with Crippen LogP contribution in [-0.4, -0.2) is 26.4 Å². The van der Waals surface area contributed by atoms with Crippen molar-refractivity contribution < 1.29 is 0 Å². The summed E-state index contributed by atoms with van der Waals surface area (Å²) in [6, 6.07) is 6.73. The molecule has 1 saturated heterocycles. The van der Waals surface area contributed by atoms with Gasteiger partial charge in [0.2, 0.25) is 0 Å². The molecule has 0 aromatic carbocycles. The van der Waals surface area contributed by atoms with Crippen molar-refractivity contribution in [1.29, 1.82) is 0 Å². The first-order valence-electron chi connectivity index (χ1n) is 6.74. The maximum atomic E-state index is 4.36. The number of nitrogens with zero attached hydrogens (tertiary/aromatic N) is 4. The van der Waals surface area contributed by atoms with E-state index >= 15 is 0 Å². The highest BCUT2D eigenvalue weighted by Gasteiger charge is 2.26. The summed E-state index contributed by atoms with van der Waals surface area (Å²) in [6.45, 7) is 4.03. The summed E-state index contributed by atoms with van der Waals surface area (Å²) in [5, 5.41) is 0. The molecule has 2 aromatic heterocycles. The Bertz CT molecular complexity index is 541. The highest BCUT2D eigenvalue weighted by molar-refractivity contribution is 5.16. The second-order valence-corrected chi connectivity index (χ2v) is 5.07. The third-order valence-electron chi connectivity index (χ3n) is 3.66. The van der Waals surface area contributed by atoms with Crippen molar-refractivity contribution in [3.05, 3.63) is 53.9 Å². The summed E-state index contributed by atoms with van der Waals surface area (Å²) in [7, 11) is 0. The first-order chi connectivity index (χ1) is 9.33. The number of aryl methyl sites for hydroxylation is 1. The predicted molar refractivity (Wildman–Crippen MR) is 73.4 cm³/mol. The molecule has 98 valence electrons. The smallest absolute Gasteiger partial charge is 0.115 e. The Morgan fingerprint density at radius 3 is 3.11 bits per heavy atom. The van der Waals surface area contributed by atoms with Crippen molar-refractivity contribution in [2.24, 2.45) is 0 Å². The molecule has 1 atom stereocenters. The van der Waals surface area contributed by atoms with Crippen molar-refractivity contribution in [3.8, 4) is 0 Å². The van der Waals surface area contributed by atoms with Crippen molar-refractivity contribution in [1.82, 2.24) is 19.9 Å². The Balaban J connectivity index is 1.77. The zero-order valence-corrected chi connectivity index (χ0v) is 11.2. The van der Waals surface area contributed by atoms with E-state index < -0.39 is 0 Å². The van der Waals surface area contributed by atoms with Gasteiger partial charge >= 0.3 is 0 Å². The van der Waals surface area contributed by atoms with Crippen molar-refractivity contribution in [3.63, 3.8) is 0 Å². The molecule has 0 N–H and O–H groups in total. The fraction of sp³-hybridized carbons (Fsp3) is 0.400. The molecule has 19 heavy (non-hydrogen) atoms. The number of pyridine rings is 1. The summed E-state index contributed by atoms with van der Waals surface area (Å²) < 4.78 is 0. The van der Waals surface area contributed by atoms with Gasteiger partial charge in [0.25, 0.3) is 0 Å². The SMILES string of the molecule is Cc1cc(CN2CCCC2c2cccnc2)ncn1.